The number of aliphatic hydroxyl groups is 1. The topological polar surface area (TPSA) is 23.5 Å². The summed E-state index contributed by atoms with van der Waals surface area (Å²) in [6, 6.07) is 4.98. The van der Waals surface area contributed by atoms with Crippen molar-refractivity contribution in [3.05, 3.63) is 21.9 Å². The Hall–Kier alpha value is -0.380. The van der Waals surface area contributed by atoms with Gasteiger partial charge in [-0.25, -0.2) is 0 Å². The smallest absolute Gasteiger partial charge is 0.113 e. The first-order valence-electron chi connectivity index (χ1n) is 5.71. The van der Waals surface area contributed by atoms with E-state index < -0.39 is 5.60 Å². The molecule has 0 aromatic carbocycles. The molecule has 0 bridgehead atoms. The first kappa shape index (κ1) is 9.82. The molecule has 1 atom stereocenters. The number of aryl methyl sites for hydroxylation is 1. The summed E-state index contributed by atoms with van der Waals surface area (Å²) in [7, 11) is 0. The molecular formula is C12H17NOS. The summed E-state index contributed by atoms with van der Waals surface area (Å²) in [5, 5.41) is 10.6. The van der Waals surface area contributed by atoms with Gasteiger partial charge in [0.2, 0.25) is 0 Å². The summed E-state index contributed by atoms with van der Waals surface area (Å²) < 4.78 is 0. The van der Waals surface area contributed by atoms with E-state index in [1.54, 1.807) is 11.3 Å². The molecule has 2 aliphatic rings. The molecule has 1 saturated heterocycles. The van der Waals surface area contributed by atoms with Gasteiger partial charge in [0.15, 0.2) is 0 Å². The average molecular weight is 223 g/mol. The fourth-order valence-electron chi connectivity index (χ4n) is 2.46. The highest BCUT2D eigenvalue weighted by molar-refractivity contribution is 7.12. The first-order chi connectivity index (χ1) is 7.17. The van der Waals surface area contributed by atoms with Crippen LogP contribution in [-0.2, 0) is 5.60 Å². The number of nitrogens with zero attached hydrogens (tertiary/aromatic N) is 1. The summed E-state index contributed by atoms with van der Waals surface area (Å²) in [4.78, 5) is 4.90. The molecule has 3 rings (SSSR count). The lowest BCUT2D eigenvalue weighted by Gasteiger charge is -2.22. The van der Waals surface area contributed by atoms with Crippen LogP contribution in [0.2, 0.25) is 0 Å². The third-order valence-electron chi connectivity index (χ3n) is 3.54. The lowest BCUT2D eigenvalue weighted by atomic mass is 10.0. The van der Waals surface area contributed by atoms with Crippen LogP contribution >= 0.6 is 11.3 Å². The van der Waals surface area contributed by atoms with Gasteiger partial charge >= 0.3 is 0 Å². The van der Waals surface area contributed by atoms with Gasteiger partial charge in [0.25, 0.3) is 0 Å². The van der Waals surface area contributed by atoms with Gasteiger partial charge in [-0.3, -0.25) is 4.90 Å². The number of hydrogen-bond donors (Lipinski definition) is 1. The quantitative estimate of drug-likeness (QED) is 0.830. The number of rotatable bonds is 2. The second kappa shape index (κ2) is 3.30. The van der Waals surface area contributed by atoms with Crippen molar-refractivity contribution in [3.8, 4) is 0 Å². The maximum absolute atomic E-state index is 10.6. The zero-order valence-corrected chi connectivity index (χ0v) is 9.89. The Kier molecular flexibility index (Phi) is 2.16. The summed E-state index contributed by atoms with van der Waals surface area (Å²) >= 11 is 1.74. The lowest BCUT2D eigenvalue weighted by Crippen LogP contribution is -2.31. The zero-order chi connectivity index (χ0) is 10.5. The molecule has 1 saturated carbocycles. The van der Waals surface area contributed by atoms with Crippen molar-refractivity contribution >= 4 is 11.3 Å². The van der Waals surface area contributed by atoms with Crippen molar-refractivity contribution in [2.75, 3.05) is 13.1 Å². The minimum atomic E-state index is -0.554. The molecular weight excluding hydrogens is 206 g/mol. The van der Waals surface area contributed by atoms with Crippen LogP contribution in [0, 0.1) is 6.92 Å². The van der Waals surface area contributed by atoms with E-state index >= 15 is 0 Å². The van der Waals surface area contributed by atoms with Gasteiger partial charge in [0.05, 0.1) is 0 Å². The minimum Gasteiger partial charge on any atom is -0.383 e. The predicted octanol–water partition coefficient (Wildman–Crippen LogP) is 2.11. The van der Waals surface area contributed by atoms with E-state index in [-0.39, 0.29) is 0 Å². The molecule has 1 aromatic rings. The molecule has 82 valence electrons. The molecule has 15 heavy (non-hydrogen) atoms. The maximum atomic E-state index is 10.6. The van der Waals surface area contributed by atoms with Crippen molar-refractivity contribution in [3.63, 3.8) is 0 Å². The van der Waals surface area contributed by atoms with Crippen LogP contribution in [0.4, 0.5) is 0 Å². The Labute approximate surface area is 94.5 Å². The third-order valence-corrected chi connectivity index (χ3v) is 4.73. The van der Waals surface area contributed by atoms with Crippen LogP contribution in [0.1, 0.15) is 29.0 Å². The molecule has 2 fully saturated rings. The van der Waals surface area contributed by atoms with Gasteiger partial charge in [0.1, 0.15) is 5.60 Å². The molecule has 0 amide bonds. The van der Waals surface area contributed by atoms with E-state index in [4.69, 9.17) is 0 Å². The highest BCUT2D eigenvalue weighted by Crippen LogP contribution is 2.40. The lowest BCUT2D eigenvalue weighted by molar-refractivity contribution is 0.0488. The Bertz CT molecular complexity index is 371. The van der Waals surface area contributed by atoms with Gasteiger partial charge in [-0.2, -0.15) is 0 Å². The molecule has 1 aromatic heterocycles. The van der Waals surface area contributed by atoms with Gasteiger partial charge in [-0.1, -0.05) is 0 Å². The fraction of sp³-hybridized carbons (Fsp3) is 0.667. The number of hydrogen-bond acceptors (Lipinski definition) is 3. The van der Waals surface area contributed by atoms with Crippen LogP contribution in [0.5, 0.6) is 0 Å². The van der Waals surface area contributed by atoms with Crippen LogP contribution in [0.25, 0.3) is 0 Å². The molecule has 0 radical (unpaired) electrons. The van der Waals surface area contributed by atoms with Crippen LogP contribution in [0.15, 0.2) is 12.1 Å². The highest BCUT2D eigenvalue weighted by Gasteiger charge is 2.43. The summed E-state index contributed by atoms with van der Waals surface area (Å²) in [5.74, 6) is 0. The van der Waals surface area contributed by atoms with E-state index in [1.165, 1.54) is 17.7 Å². The van der Waals surface area contributed by atoms with Gasteiger partial charge in [0, 0.05) is 28.9 Å². The third kappa shape index (κ3) is 1.73. The molecule has 3 heteroatoms. The molecule has 2 heterocycles. The van der Waals surface area contributed by atoms with Crippen molar-refractivity contribution in [2.24, 2.45) is 0 Å². The van der Waals surface area contributed by atoms with Gasteiger partial charge < -0.3 is 5.11 Å². The van der Waals surface area contributed by atoms with E-state index in [2.05, 4.69) is 24.0 Å². The SMILES string of the molecule is Cc1ccc(C2(O)CCN(C3CC3)C2)s1. The Balaban J connectivity index is 1.79. The highest BCUT2D eigenvalue weighted by atomic mass is 32.1. The van der Waals surface area contributed by atoms with Crippen LogP contribution < -0.4 is 0 Å². The molecule has 1 aliphatic heterocycles. The van der Waals surface area contributed by atoms with E-state index in [9.17, 15) is 5.11 Å². The zero-order valence-electron chi connectivity index (χ0n) is 9.07. The summed E-state index contributed by atoms with van der Waals surface area (Å²) in [5.41, 5.74) is -0.554. The van der Waals surface area contributed by atoms with Gasteiger partial charge in [-0.15, -0.1) is 11.3 Å². The van der Waals surface area contributed by atoms with Gasteiger partial charge in [-0.05, 0) is 38.3 Å². The number of thiophene rings is 1. The molecule has 1 aliphatic carbocycles. The van der Waals surface area contributed by atoms with Crippen molar-refractivity contribution < 1.29 is 5.11 Å². The second-order valence-corrected chi connectivity index (χ2v) is 6.18. The second-order valence-electron chi connectivity index (χ2n) is 4.89. The summed E-state index contributed by atoms with van der Waals surface area (Å²) in [6.45, 7) is 4.01. The van der Waals surface area contributed by atoms with Crippen molar-refractivity contribution in [1.82, 2.24) is 4.90 Å². The summed E-state index contributed by atoms with van der Waals surface area (Å²) in [6.07, 6.45) is 3.57. The Morgan fingerprint density at radius 3 is 2.87 bits per heavy atom. The predicted molar refractivity (Wildman–Crippen MR) is 62.2 cm³/mol. The van der Waals surface area contributed by atoms with E-state index in [0.717, 1.165) is 30.4 Å². The van der Waals surface area contributed by atoms with Crippen LogP contribution in [0.3, 0.4) is 0 Å². The molecule has 0 spiro atoms. The molecule has 1 N–H and O–H groups in total. The first-order valence-corrected chi connectivity index (χ1v) is 6.52. The van der Waals surface area contributed by atoms with Crippen molar-refractivity contribution in [2.45, 2.75) is 37.8 Å². The van der Waals surface area contributed by atoms with Crippen molar-refractivity contribution in [1.29, 1.82) is 0 Å². The Morgan fingerprint density at radius 2 is 2.27 bits per heavy atom. The normalized spacial score (nSPS) is 32.4. The minimum absolute atomic E-state index is 0.554. The maximum Gasteiger partial charge on any atom is 0.113 e. The Morgan fingerprint density at radius 1 is 1.47 bits per heavy atom. The van der Waals surface area contributed by atoms with Crippen LogP contribution in [-0.4, -0.2) is 29.1 Å². The molecule has 2 nitrogen and oxygen atoms in total. The van der Waals surface area contributed by atoms with E-state index in [0.29, 0.717) is 0 Å². The standard InChI is InChI=1S/C12H17NOS/c1-9-2-5-11(15-9)12(14)6-7-13(8-12)10-3-4-10/h2,5,10,14H,3-4,6-8H2,1H3. The molecule has 1 unspecified atom stereocenters. The average Bonchev–Trinajstić information content (AvgIpc) is 2.84. The number of likely N-dealkylation sites (tertiary alicyclic amines) is 1. The monoisotopic (exact) mass is 223 g/mol. The fourth-order valence-corrected chi connectivity index (χ4v) is 3.44. The van der Waals surface area contributed by atoms with E-state index in [1.807, 2.05) is 0 Å². The largest absolute Gasteiger partial charge is 0.383 e. The number of β-amino-alcohol motifs (C(OH)–C–C–N with tert-alkyl or cyclic N) is 1.